The monoisotopic (exact) mass is 287 g/mol. The summed E-state index contributed by atoms with van der Waals surface area (Å²) < 4.78 is 5.68. The summed E-state index contributed by atoms with van der Waals surface area (Å²) in [6.07, 6.45) is -0.101. The van der Waals surface area contributed by atoms with Crippen LogP contribution in [0.25, 0.3) is 0 Å². The van der Waals surface area contributed by atoms with Gasteiger partial charge < -0.3 is 9.64 Å². The average molecular weight is 288 g/mol. The van der Waals surface area contributed by atoms with E-state index < -0.39 is 5.38 Å². The number of carbonyl (C=O) groups is 1. The van der Waals surface area contributed by atoms with Gasteiger partial charge >= 0.3 is 0 Å². The number of carbonyl (C=O) groups excluding carboxylic acids is 1. The van der Waals surface area contributed by atoms with E-state index in [1.807, 2.05) is 24.3 Å². The van der Waals surface area contributed by atoms with Gasteiger partial charge in [-0.1, -0.05) is 23.7 Å². The Balaban J connectivity index is 2.07. The molecule has 98 valence electrons. The molecule has 3 nitrogen and oxygen atoms in total. The van der Waals surface area contributed by atoms with Crippen molar-refractivity contribution in [1.29, 1.82) is 0 Å². The lowest BCUT2D eigenvalue weighted by Gasteiger charge is -2.33. The third-order valence-electron chi connectivity index (χ3n) is 2.96. The molecule has 5 heteroatoms. The first-order valence-electron chi connectivity index (χ1n) is 5.88. The van der Waals surface area contributed by atoms with Crippen molar-refractivity contribution in [2.45, 2.75) is 18.4 Å². The molecule has 1 aliphatic heterocycles. The Labute approximate surface area is 117 Å². The van der Waals surface area contributed by atoms with Crippen LogP contribution in [0.3, 0.4) is 0 Å². The predicted octanol–water partition coefficient (Wildman–Crippen LogP) is 2.87. The van der Waals surface area contributed by atoms with Crippen LogP contribution in [0.5, 0.6) is 0 Å². The van der Waals surface area contributed by atoms with Gasteiger partial charge in [-0.2, -0.15) is 0 Å². The van der Waals surface area contributed by atoms with Crippen LogP contribution in [0.1, 0.15) is 18.6 Å². The van der Waals surface area contributed by atoms with E-state index in [0.29, 0.717) is 24.7 Å². The molecule has 1 aliphatic rings. The summed E-state index contributed by atoms with van der Waals surface area (Å²) >= 11 is 11.7. The van der Waals surface area contributed by atoms with Crippen LogP contribution in [0.2, 0.25) is 5.02 Å². The van der Waals surface area contributed by atoms with Gasteiger partial charge in [0.25, 0.3) is 0 Å². The highest BCUT2D eigenvalue weighted by Crippen LogP contribution is 2.24. The SMILES string of the molecule is CC(Cl)C(=O)N1CCOC(c2ccc(Cl)cc2)C1. The molecule has 1 aromatic rings. The van der Waals surface area contributed by atoms with E-state index in [2.05, 4.69) is 0 Å². The molecule has 2 atom stereocenters. The summed E-state index contributed by atoms with van der Waals surface area (Å²) in [5.74, 6) is -0.0427. The van der Waals surface area contributed by atoms with Crippen LogP contribution < -0.4 is 0 Å². The van der Waals surface area contributed by atoms with Gasteiger partial charge in [-0.25, -0.2) is 0 Å². The molecular weight excluding hydrogens is 273 g/mol. The average Bonchev–Trinajstić information content (AvgIpc) is 2.38. The summed E-state index contributed by atoms with van der Waals surface area (Å²) in [6, 6.07) is 7.49. The third kappa shape index (κ3) is 3.16. The summed E-state index contributed by atoms with van der Waals surface area (Å²) in [6.45, 7) is 3.36. The van der Waals surface area contributed by atoms with Gasteiger partial charge in [-0.05, 0) is 24.6 Å². The Morgan fingerprint density at radius 2 is 2.11 bits per heavy atom. The van der Waals surface area contributed by atoms with Crippen LogP contribution in [-0.4, -0.2) is 35.9 Å². The van der Waals surface area contributed by atoms with Gasteiger partial charge in [-0.3, -0.25) is 4.79 Å². The Hall–Kier alpha value is -0.770. The highest BCUT2D eigenvalue weighted by atomic mass is 35.5. The lowest BCUT2D eigenvalue weighted by atomic mass is 10.1. The van der Waals surface area contributed by atoms with Crippen molar-refractivity contribution in [3.63, 3.8) is 0 Å². The van der Waals surface area contributed by atoms with Crippen molar-refractivity contribution < 1.29 is 9.53 Å². The van der Waals surface area contributed by atoms with E-state index in [-0.39, 0.29) is 12.0 Å². The maximum absolute atomic E-state index is 11.8. The highest BCUT2D eigenvalue weighted by Gasteiger charge is 2.27. The van der Waals surface area contributed by atoms with Crippen LogP contribution in [0, 0.1) is 0 Å². The molecule has 0 saturated carbocycles. The molecule has 2 rings (SSSR count). The number of benzene rings is 1. The van der Waals surface area contributed by atoms with E-state index >= 15 is 0 Å². The fraction of sp³-hybridized carbons (Fsp3) is 0.462. The maximum atomic E-state index is 11.8. The smallest absolute Gasteiger partial charge is 0.240 e. The molecule has 1 amide bonds. The first-order chi connectivity index (χ1) is 8.58. The topological polar surface area (TPSA) is 29.5 Å². The molecule has 1 heterocycles. The first kappa shape index (κ1) is 13.7. The van der Waals surface area contributed by atoms with Crippen molar-refractivity contribution in [2.24, 2.45) is 0 Å². The number of morpholine rings is 1. The zero-order valence-corrected chi connectivity index (χ0v) is 11.6. The van der Waals surface area contributed by atoms with E-state index in [1.54, 1.807) is 11.8 Å². The second kappa shape index (κ2) is 5.91. The van der Waals surface area contributed by atoms with Crippen LogP contribution in [0.15, 0.2) is 24.3 Å². The van der Waals surface area contributed by atoms with E-state index in [1.165, 1.54) is 0 Å². The number of amides is 1. The minimum Gasteiger partial charge on any atom is -0.370 e. The predicted molar refractivity (Wildman–Crippen MR) is 72.0 cm³/mol. The van der Waals surface area contributed by atoms with Crippen molar-refractivity contribution in [2.75, 3.05) is 19.7 Å². The van der Waals surface area contributed by atoms with Gasteiger partial charge in [0.2, 0.25) is 5.91 Å². The van der Waals surface area contributed by atoms with Gasteiger partial charge in [0.15, 0.2) is 0 Å². The van der Waals surface area contributed by atoms with Crippen LogP contribution in [-0.2, 0) is 9.53 Å². The second-order valence-electron chi connectivity index (χ2n) is 4.31. The lowest BCUT2D eigenvalue weighted by molar-refractivity contribution is -0.138. The molecule has 1 aromatic carbocycles. The normalized spacial score (nSPS) is 21.7. The molecule has 1 saturated heterocycles. The quantitative estimate of drug-likeness (QED) is 0.783. The lowest BCUT2D eigenvalue weighted by Crippen LogP contribution is -2.44. The molecule has 0 bridgehead atoms. The Morgan fingerprint density at radius 3 is 2.72 bits per heavy atom. The van der Waals surface area contributed by atoms with Gasteiger partial charge in [0, 0.05) is 11.6 Å². The fourth-order valence-electron chi connectivity index (χ4n) is 1.98. The first-order valence-corrected chi connectivity index (χ1v) is 6.69. The van der Waals surface area contributed by atoms with Crippen LogP contribution >= 0.6 is 23.2 Å². The summed E-state index contributed by atoms with van der Waals surface area (Å²) in [5.41, 5.74) is 1.03. The van der Waals surface area contributed by atoms with E-state index in [0.717, 1.165) is 5.56 Å². The molecule has 0 spiro atoms. The number of halogens is 2. The summed E-state index contributed by atoms with van der Waals surface area (Å²) in [5, 5.41) is 0.200. The zero-order chi connectivity index (χ0) is 13.1. The van der Waals surface area contributed by atoms with Crippen LogP contribution in [0.4, 0.5) is 0 Å². The minimum absolute atomic E-state index is 0.0427. The number of nitrogens with zero attached hydrogens (tertiary/aromatic N) is 1. The number of rotatable bonds is 2. The van der Waals surface area contributed by atoms with Gasteiger partial charge in [0.1, 0.15) is 11.5 Å². The maximum Gasteiger partial charge on any atom is 0.240 e. The minimum atomic E-state index is -0.492. The number of hydrogen-bond donors (Lipinski definition) is 0. The third-order valence-corrected chi connectivity index (χ3v) is 3.40. The number of ether oxygens (including phenoxy) is 1. The summed E-state index contributed by atoms with van der Waals surface area (Å²) in [4.78, 5) is 13.6. The molecule has 18 heavy (non-hydrogen) atoms. The summed E-state index contributed by atoms with van der Waals surface area (Å²) in [7, 11) is 0. The zero-order valence-electron chi connectivity index (χ0n) is 10.1. The van der Waals surface area contributed by atoms with E-state index in [4.69, 9.17) is 27.9 Å². The van der Waals surface area contributed by atoms with Crippen molar-refractivity contribution in [3.8, 4) is 0 Å². The van der Waals surface area contributed by atoms with Gasteiger partial charge in [-0.15, -0.1) is 11.6 Å². The van der Waals surface area contributed by atoms with Crippen molar-refractivity contribution in [1.82, 2.24) is 4.90 Å². The Kier molecular flexibility index (Phi) is 4.49. The molecule has 0 radical (unpaired) electrons. The standard InChI is InChI=1S/C13H15Cl2NO2/c1-9(14)13(17)16-6-7-18-12(8-16)10-2-4-11(15)5-3-10/h2-5,9,12H,6-8H2,1H3. The van der Waals surface area contributed by atoms with Gasteiger partial charge in [0.05, 0.1) is 13.2 Å². The molecule has 2 unspecified atom stereocenters. The molecule has 0 N–H and O–H groups in total. The Bertz CT molecular complexity index is 420. The highest BCUT2D eigenvalue weighted by molar-refractivity contribution is 6.30. The molecular formula is C13H15Cl2NO2. The Morgan fingerprint density at radius 1 is 1.44 bits per heavy atom. The van der Waals surface area contributed by atoms with E-state index in [9.17, 15) is 4.79 Å². The number of hydrogen-bond acceptors (Lipinski definition) is 2. The molecule has 0 aromatic heterocycles. The van der Waals surface area contributed by atoms with Crippen molar-refractivity contribution in [3.05, 3.63) is 34.9 Å². The fourth-order valence-corrected chi connectivity index (χ4v) is 2.24. The number of alkyl halides is 1. The molecule has 0 aliphatic carbocycles. The molecule has 1 fully saturated rings. The largest absolute Gasteiger partial charge is 0.370 e. The second-order valence-corrected chi connectivity index (χ2v) is 5.40. The van der Waals surface area contributed by atoms with Crippen molar-refractivity contribution >= 4 is 29.1 Å².